The second kappa shape index (κ2) is 10.9. The van der Waals surface area contributed by atoms with Crippen LogP contribution in [0, 0.1) is 13.8 Å². The molecule has 2 aromatic heterocycles. The number of para-hydroxylation sites is 1. The van der Waals surface area contributed by atoms with Gasteiger partial charge in [0.2, 0.25) is 5.91 Å². The van der Waals surface area contributed by atoms with E-state index in [0.717, 1.165) is 65.7 Å². The van der Waals surface area contributed by atoms with Crippen LogP contribution in [0.3, 0.4) is 0 Å². The van der Waals surface area contributed by atoms with E-state index in [-0.39, 0.29) is 28.2 Å². The first kappa shape index (κ1) is 26.4. The number of aromatic nitrogens is 2. The molecular weight excluding hydrogens is 512 g/mol. The molecule has 2 aromatic carbocycles. The van der Waals surface area contributed by atoms with Gasteiger partial charge in [-0.3, -0.25) is 19.3 Å². The van der Waals surface area contributed by atoms with Gasteiger partial charge in [-0.05, 0) is 67.5 Å². The van der Waals surface area contributed by atoms with Crippen molar-refractivity contribution in [1.82, 2.24) is 14.7 Å². The molecule has 202 valence electrons. The summed E-state index contributed by atoms with van der Waals surface area (Å²) in [6.07, 6.45) is 6.83. The molecule has 1 aliphatic carbocycles. The molecule has 0 saturated heterocycles. The zero-order valence-corrected chi connectivity index (χ0v) is 22.8. The standard InChI is InChI=1S/C29H32N6O3S/c1-16-12-17(2)14-19(13-16)35(29(38)26-23(30)24(27(31)36)34-39-26)25(28(37)33-18-8-4-3-5-9-18)21-15-32-22-11-7-6-10-20(21)22/h6-7,10-15,18,25,32H,3-5,8-9,30H2,1-2H3,(H2,31,36)(H,33,37)/t25-/m0/s1. The van der Waals surface area contributed by atoms with E-state index in [1.54, 1.807) is 6.20 Å². The lowest BCUT2D eigenvalue weighted by molar-refractivity contribution is -0.123. The van der Waals surface area contributed by atoms with Gasteiger partial charge in [0.25, 0.3) is 11.8 Å². The lowest BCUT2D eigenvalue weighted by Gasteiger charge is -2.33. The van der Waals surface area contributed by atoms with Gasteiger partial charge in [-0.2, -0.15) is 4.37 Å². The number of carbonyl (C=O) groups is 3. The highest BCUT2D eigenvalue weighted by molar-refractivity contribution is 7.09. The van der Waals surface area contributed by atoms with Crippen LogP contribution in [0.15, 0.2) is 48.7 Å². The number of fused-ring (bicyclic) bond motifs is 1. The Labute approximate surface area is 230 Å². The Hall–Kier alpha value is -4.18. The number of H-pyrrole nitrogens is 1. The number of nitrogen functional groups attached to an aromatic ring is 1. The molecule has 0 bridgehead atoms. The van der Waals surface area contributed by atoms with E-state index < -0.39 is 17.9 Å². The molecule has 1 saturated carbocycles. The molecule has 10 heteroatoms. The maximum atomic E-state index is 14.4. The fraction of sp³-hybridized carbons (Fsp3) is 0.310. The SMILES string of the molecule is Cc1cc(C)cc(N(C(=O)c2snc(C(N)=O)c2N)[C@H](C(=O)NC2CCCCC2)c2c[nH]c3ccccc23)c1. The predicted molar refractivity (Wildman–Crippen MR) is 154 cm³/mol. The number of nitrogens with zero attached hydrogens (tertiary/aromatic N) is 2. The predicted octanol–water partition coefficient (Wildman–Crippen LogP) is 4.76. The maximum absolute atomic E-state index is 14.4. The number of nitrogens with two attached hydrogens (primary N) is 2. The molecule has 2 heterocycles. The van der Waals surface area contributed by atoms with Gasteiger partial charge in [0, 0.05) is 34.4 Å². The monoisotopic (exact) mass is 544 g/mol. The van der Waals surface area contributed by atoms with Gasteiger partial charge >= 0.3 is 0 Å². The number of benzene rings is 2. The van der Waals surface area contributed by atoms with Gasteiger partial charge in [-0.25, -0.2) is 0 Å². The summed E-state index contributed by atoms with van der Waals surface area (Å²) in [5, 5.41) is 4.06. The second-order valence-corrected chi connectivity index (χ2v) is 11.0. The molecule has 4 aromatic rings. The Bertz CT molecular complexity index is 1530. The highest BCUT2D eigenvalue weighted by atomic mass is 32.1. The molecule has 6 N–H and O–H groups in total. The lowest BCUT2D eigenvalue weighted by atomic mass is 9.94. The Morgan fingerprint density at radius 2 is 1.77 bits per heavy atom. The van der Waals surface area contributed by atoms with E-state index in [4.69, 9.17) is 11.5 Å². The molecule has 1 aliphatic rings. The van der Waals surface area contributed by atoms with Crippen molar-refractivity contribution in [2.45, 2.75) is 58.0 Å². The van der Waals surface area contributed by atoms with Crippen molar-refractivity contribution in [2.75, 3.05) is 10.6 Å². The van der Waals surface area contributed by atoms with Crippen LogP contribution >= 0.6 is 11.5 Å². The summed E-state index contributed by atoms with van der Waals surface area (Å²) in [5.74, 6) is -1.63. The van der Waals surface area contributed by atoms with Crippen molar-refractivity contribution >= 4 is 51.5 Å². The lowest BCUT2D eigenvalue weighted by Crippen LogP contribution is -2.47. The molecule has 39 heavy (non-hydrogen) atoms. The molecule has 0 spiro atoms. The Morgan fingerprint density at radius 3 is 2.44 bits per heavy atom. The third-order valence-electron chi connectivity index (χ3n) is 7.23. The van der Waals surface area contributed by atoms with E-state index in [9.17, 15) is 14.4 Å². The molecule has 0 aliphatic heterocycles. The number of aryl methyl sites for hydroxylation is 2. The first-order valence-electron chi connectivity index (χ1n) is 13.1. The molecule has 9 nitrogen and oxygen atoms in total. The summed E-state index contributed by atoms with van der Waals surface area (Å²) in [7, 11) is 0. The normalized spacial score (nSPS) is 14.7. The van der Waals surface area contributed by atoms with E-state index in [0.29, 0.717) is 11.3 Å². The topological polar surface area (TPSA) is 147 Å². The summed E-state index contributed by atoms with van der Waals surface area (Å²) in [6, 6.07) is 12.4. The summed E-state index contributed by atoms with van der Waals surface area (Å²) in [5.41, 5.74) is 15.3. The molecule has 3 amide bonds. The summed E-state index contributed by atoms with van der Waals surface area (Å²) < 4.78 is 4.05. The minimum atomic E-state index is -1.02. The van der Waals surface area contributed by atoms with Gasteiger partial charge in [0.15, 0.2) is 5.69 Å². The molecule has 1 fully saturated rings. The van der Waals surface area contributed by atoms with E-state index >= 15 is 0 Å². The number of nitrogens with one attached hydrogen (secondary N) is 2. The van der Waals surface area contributed by atoms with Crippen molar-refractivity contribution in [3.05, 3.63) is 75.9 Å². The number of primary amides is 1. The second-order valence-electron chi connectivity index (χ2n) is 10.2. The van der Waals surface area contributed by atoms with Crippen LogP contribution in [-0.4, -0.2) is 33.1 Å². The fourth-order valence-electron chi connectivity index (χ4n) is 5.46. The van der Waals surface area contributed by atoms with Crippen LogP contribution in [0.2, 0.25) is 0 Å². The summed E-state index contributed by atoms with van der Waals surface area (Å²) in [4.78, 5) is 45.3. The van der Waals surface area contributed by atoms with Gasteiger partial charge in [-0.15, -0.1) is 0 Å². The van der Waals surface area contributed by atoms with E-state index in [1.165, 1.54) is 4.90 Å². The van der Waals surface area contributed by atoms with Gasteiger partial charge in [-0.1, -0.05) is 43.5 Å². The largest absolute Gasteiger partial charge is 0.395 e. The molecule has 5 rings (SSSR count). The number of hydrogen-bond acceptors (Lipinski definition) is 6. The first-order valence-corrected chi connectivity index (χ1v) is 13.8. The zero-order chi connectivity index (χ0) is 27.7. The van der Waals surface area contributed by atoms with Crippen molar-refractivity contribution in [1.29, 1.82) is 0 Å². The van der Waals surface area contributed by atoms with Crippen molar-refractivity contribution in [2.24, 2.45) is 5.73 Å². The highest BCUT2D eigenvalue weighted by Gasteiger charge is 2.38. The van der Waals surface area contributed by atoms with Crippen molar-refractivity contribution in [3.8, 4) is 0 Å². The average Bonchev–Trinajstić information content (AvgIpc) is 3.50. The number of anilines is 2. The van der Waals surface area contributed by atoms with E-state index in [2.05, 4.69) is 14.7 Å². The number of carbonyl (C=O) groups excluding carboxylic acids is 3. The van der Waals surface area contributed by atoms with Crippen LogP contribution in [0.4, 0.5) is 11.4 Å². The van der Waals surface area contributed by atoms with Crippen molar-refractivity contribution in [3.63, 3.8) is 0 Å². The van der Waals surface area contributed by atoms with Crippen LogP contribution in [0.25, 0.3) is 10.9 Å². The Morgan fingerprint density at radius 1 is 1.08 bits per heavy atom. The summed E-state index contributed by atoms with van der Waals surface area (Å²) >= 11 is 0.803. The Balaban J connectivity index is 1.70. The number of hydrogen-bond donors (Lipinski definition) is 4. The quantitative estimate of drug-likeness (QED) is 0.265. The minimum Gasteiger partial charge on any atom is -0.395 e. The number of rotatable bonds is 7. The molecule has 0 unspecified atom stereocenters. The number of aromatic amines is 1. The highest BCUT2D eigenvalue weighted by Crippen LogP contribution is 2.37. The summed E-state index contributed by atoms with van der Waals surface area (Å²) in [6.45, 7) is 3.88. The molecule has 0 radical (unpaired) electrons. The number of amides is 3. The van der Waals surface area contributed by atoms with Crippen LogP contribution in [-0.2, 0) is 4.79 Å². The van der Waals surface area contributed by atoms with Crippen molar-refractivity contribution < 1.29 is 14.4 Å². The van der Waals surface area contributed by atoms with E-state index in [1.807, 2.05) is 56.3 Å². The first-order chi connectivity index (χ1) is 18.7. The Kier molecular flexibility index (Phi) is 7.38. The zero-order valence-electron chi connectivity index (χ0n) is 22.0. The van der Waals surface area contributed by atoms with Gasteiger partial charge < -0.3 is 21.8 Å². The smallest absolute Gasteiger partial charge is 0.273 e. The van der Waals surface area contributed by atoms with Gasteiger partial charge in [0.05, 0.1) is 5.69 Å². The van der Waals surface area contributed by atoms with Crippen LogP contribution < -0.4 is 21.7 Å². The van der Waals surface area contributed by atoms with Crippen LogP contribution in [0.1, 0.15) is 75.0 Å². The average molecular weight is 545 g/mol. The van der Waals surface area contributed by atoms with Crippen LogP contribution in [0.5, 0.6) is 0 Å². The molecular formula is C29H32N6O3S. The fourth-order valence-corrected chi connectivity index (χ4v) is 6.20. The third-order valence-corrected chi connectivity index (χ3v) is 8.08. The maximum Gasteiger partial charge on any atom is 0.273 e. The molecule has 1 atom stereocenters. The minimum absolute atomic E-state index is 0.0325. The van der Waals surface area contributed by atoms with Gasteiger partial charge in [0.1, 0.15) is 10.9 Å². The third kappa shape index (κ3) is 5.24.